The molecule has 3 aromatic rings. The molecule has 1 amide bonds. The molecule has 3 rings (SSSR count). The molecule has 0 unspecified atom stereocenters. The number of rotatable bonds is 5. The summed E-state index contributed by atoms with van der Waals surface area (Å²) in [4.78, 5) is 16.5. The van der Waals surface area contributed by atoms with Crippen molar-refractivity contribution < 1.29 is 13.9 Å². The SMILES string of the molecule is COc1ccc(-c2nc(C(=O)NCc3ccccc3F)cs2)cc1. The van der Waals surface area contributed by atoms with E-state index in [2.05, 4.69) is 10.3 Å². The third-order valence-corrected chi connectivity index (χ3v) is 4.36. The second kappa shape index (κ2) is 7.23. The minimum Gasteiger partial charge on any atom is -0.497 e. The van der Waals surface area contributed by atoms with Gasteiger partial charge in [-0.05, 0) is 30.3 Å². The first kappa shape index (κ1) is 16.1. The monoisotopic (exact) mass is 342 g/mol. The molecule has 6 heteroatoms. The Morgan fingerprint density at radius 2 is 1.96 bits per heavy atom. The average molecular weight is 342 g/mol. The van der Waals surface area contributed by atoms with E-state index in [4.69, 9.17) is 4.74 Å². The number of thiazole rings is 1. The third-order valence-electron chi connectivity index (χ3n) is 3.47. The van der Waals surface area contributed by atoms with Gasteiger partial charge in [0.05, 0.1) is 7.11 Å². The smallest absolute Gasteiger partial charge is 0.271 e. The molecular weight excluding hydrogens is 327 g/mol. The van der Waals surface area contributed by atoms with Crippen molar-refractivity contribution in [3.63, 3.8) is 0 Å². The molecule has 0 fully saturated rings. The standard InChI is InChI=1S/C18H15FN2O2S/c1-23-14-8-6-12(7-9-14)18-21-16(11-24-18)17(22)20-10-13-4-2-3-5-15(13)19/h2-9,11H,10H2,1H3,(H,20,22). The number of nitrogens with one attached hydrogen (secondary N) is 1. The van der Waals surface area contributed by atoms with E-state index in [1.807, 2.05) is 24.3 Å². The highest BCUT2D eigenvalue weighted by Gasteiger charge is 2.12. The van der Waals surface area contributed by atoms with Crippen molar-refractivity contribution in [2.45, 2.75) is 6.54 Å². The molecule has 0 spiro atoms. The van der Waals surface area contributed by atoms with Crippen molar-refractivity contribution in [2.75, 3.05) is 7.11 Å². The predicted molar refractivity (Wildman–Crippen MR) is 91.7 cm³/mol. The van der Waals surface area contributed by atoms with E-state index in [1.54, 1.807) is 30.7 Å². The van der Waals surface area contributed by atoms with E-state index in [-0.39, 0.29) is 18.3 Å². The van der Waals surface area contributed by atoms with Crippen molar-refractivity contribution in [2.24, 2.45) is 0 Å². The van der Waals surface area contributed by atoms with Crippen LogP contribution in [-0.2, 0) is 6.54 Å². The molecule has 0 bridgehead atoms. The first-order valence-corrected chi connectivity index (χ1v) is 8.17. The summed E-state index contributed by atoms with van der Waals surface area (Å²) in [6.07, 6.45) is 0. The Bertz CT molecular complexity index is 846. The number of hydrogen-bond acceptors (Lipinski definition) is 4. The Balaban J connectivity index is 1.68. The molecule has 24 heavy (non-hydrogen) atoms. The van der Waals surface area contributed by atoms with Gasteiger partial charge in [0.25, 0.3) is 5.91 Å². The molecule has 0 aliphatic rings. The van der Waals surface area contributed by atoms with Crippen LogP contribution in [0.5, 0.6) is 5.75 Å². The van der Waals surface area contributed by atoms with Crippen molar-refractivity contribution in [3.05, 3.63) is 71.0 Å². The number of methoxy groups -OCH3 is 1. The Morgan fingerprint density at radius 3 is 2.67 bits per heavy atom. The summed E-state index contributed by atoms with van der Waals surface area (Å²) < 4.78 is 18.7. The summed E-state index contributed by atoms with van der Waals surface area (Å²) in [7, 11) is 1.61. The molecule has 4 nitrogen and oxygen atoms in total. The highest BCUT2D eigenvalue weighted by Crippen LogP contribution is 2.25. The topological polar surface area (TPSA) is 51.2 Å². The van der Waals surface area contributed by atoms with Gasteiger partial charge >= 0.3 is 0 Å². The van der Waals surface area contributed by atoms with E-state index in [0.29, 0.717) is 11.3 Å². The molecule has 0 radical (unpaired) electrons. The van der Waals surface area contributed by atoms with Gasteiger partial charge in [0.1, 0.15) is 22.3 Å². The number of carbonyl (C=O) groups excluding carboxylic acids is 1. The highest BCUT2D eigenvalue weighted by atomic mass is 32.1. The van der Waals surface area contributed by atoms with Crippen molar-refractivity contribution in [3.8, 4) is 16.3 Å². The second-order valence-corrected chi connectivity index (χ2v) is 5.90. The maximum absolute atomic E-state index is 13.6. The zero-order valence-corrected chi connectivity index (χ0v) is 13.8. The van der Waals surface area contributed by atoms with E-state index < -0.39 is 0 Å². The van der Waals surface area contributed by atoms with Crippen LogP contribution in [0.1, 0.15) is 16.1 Å². The number of nitrogens with zero attached hydrogens (tertiary/aromatic N) is 1. The van der Waals surface area contributed by atoms with Crippen LogP contribution in [0.15, 0.2) is 53.9 Å². The van der Waals surface area contributed by atoms with E-state index in [0.717, 1.165) is 16.3 Å². The molecule has 1 heterocycles. The lowest BCUT2D eigenvalue weighted by Gasteiger charge is -2.04. The number of halogens is 1. The van der Waals surface area contributed by atoms with Crippen LogP contribution in [-0.4, -0.2) is 18.0 Å². The minimum atomic E-state index is -0.338. The van der Waals surface area contributed by atoms with Crippen LogP contribution in [0.4, 0.5) is 4.39 Å². The van der Waals surface area contributed by atoms with Gasteiger partial charge in [-0.25, -0.2) is 9.37 Å². The number of aromatic nitrogens is 1. The molecule has 0 atom stereocenters. The third kappa shape index (κ3) is 3.60. The molecule has 0 saturated heterocycles. The van der Waals surface area contributed by atoms with Gasteiger partial charge in [0, 0.05) is 23.1 Å². The first-order valence-electron chi connectivity index (χ1n) is 7.29. The fourth-order valence-corrected chi connectivity index (χ4v) is 2.96. The second-order valence-electron chi connectivity index (χ2n) is 5.04. The molecule has 0 aliphatic carbocycles. The minimum absolute atomic E-state index is 0.126. The Labute approximate surface area is 142 Å². The van der Waals surface area contributed by atoms with Gasteiger partial charge < -0.3 is 10.1 Å². The maximum Gasteiger partial charge on any atom is 0.271 e. The predicted octanol–water partition coefficient (Wildman–Crippen LogP) is 3.89. The maximum atomic E-state index is 13.6. The molecule has 0 saturated carbocycles. The van der Waals surface area contributed by atoms with Gasteiger partial charge in [0.15, 0.2) is 0 Å². The van der Waals surface area contributed by atoms with Gasteiger partial charge in [-0.3, -0.25) is 4.79 Å². The lowest BCUT2D eigenvalue weighted by molar-refractivity contribution is 0.0946. The van der Waals surface area contributed by atoms with E-state index >= 15 is 0 Å². The summed E-state index contributed by atoms with van der Waals surface area (Å²) in [5, 5.41) is 5.12. The summed E-state index contributed by atoms with van der Waals surface area (Å²) in [5.74, 6) is 0.0995. The van der Waals surface area contributed by atoms with Crippen molar-refractivity contribution >= 4 is 17.2 Å². The number of benzene rings is 2. The number of amides is 1. The zero-order valence-electron chi connectivity index (χ0n) is 13.0. The number of carbonyl (C=O) groups is 1. The van der Waals surface area contributed by atoms with Crippen LogP contribution in [0.2, 0.25) is 0 Å². The average Bonchev–Trinajstić information content (AvgIpc) is 3.11. The molecule has 1 aromatic heterocycles. The highest BCUT2D eigenvalue weighted by molar-refractivity contribution is 7.13. The molecule has 0 aliphatic heterocycles. The normalized spacial score (nSPS) is 10.4. The van der Waals surface area contributed by atoms with E-state index in [9.17, 15) is 9.18 Å². The molecular formula is C18H15FN2O2S. The van der Waals surface area contributed by atoms with Crippen LogP contribution in [0, 0.1) is 5.82 Å². The quantitative estimate of drug-likeness (QED) is 0.765. The lowest BCUT2D eigenvalue weighted by Crippen LogP contribution is -2.23. The Morgan fingerprint density at radius 1 is 1.21 bits per heavy atom. The largest absolute Gasteiger partial charge is 0.497 e. The molecule has 1 N–H and O–H groups in total. The molecule has 122 valence electrons. The van der Waals surface area contributed by atoms with Gasteiger partial charge in [-0.15, -0.1) is 11.3 Å². The van der Waals surface area contributed by atoms with Crippen LogP contribution in [0.25, 0.3) is 10.6 Å². The van der Waals surface area contributed by atoms with Crippen molar-refractivity contribution in [1.82, 2.24) is 10.3 Å². The Hall–Kier alpha value is -2.73. The van der Waals surface area contributed by atoms with Crippen LogP contribution in [0.3, 0.4) is 0 Å². The summed E-state index contributed by atoms with van der Waals surface area (Å²) >= 11 is 1.38. The van der Waals surface area contributed by atoms with Crippen LogP contribution < -0.4 is 10.1 Å². The summed E-state index contributed by atoms with van der Waals surface area (Å²) in [5.41, 5.74) is 1.67. The van der Waals surface area contributed by atoms with Crippen molar-refractivity contribution in [1.29, 1.82) is 0 Å². The van der Waals surface area contributed by atoms with E-state index in [1.165, 1.54) is 17.4 Å². The van der Waals surface area contributed by atoms with Crippen LogP contribution >= 0.6 is 11.3 Å². The number of ether oxygens (including phenoxy) is 1. The zero-order chi connectivity index (χ0) is 16.9. The van der Waals surface area contributed by atoms with Gasteiger partial charge in [-0.1, -0.05) is 18.2 Å². The molecule has 2 aromatic carbocycles. The van der Waals surface area contributed by atoms with Gasteiger partial charge in [0.2, 0.25) is 0 Å². The fourth-order valence-electron chi connectivity index (χ4n) is 2.15. The summed E-state index contributed by atoms with van der Waals surface area (Å²) in [6, 6.07) is 13.8. The first-order chi connectivity index (χ1) is 11.7. The van der Waals surface area contributed by atoms with Gasteiger partial charge in [-0.2, -0.15) is 0 Å². The fraction of sp³-hybridized carbons (Fsp3) is 0.111. The summed E-state index contributed by atoms with van der Waals surface area (Å²) in [6.45, 7) is 0.126. The lowest BCUT2D eigenvalue weighted by atomic mass is 10.2. The Kier molecular flexibility index (Phi) is 4.86. The number of hydrogen-bond donors (Lipinski definition) is 1.